The van der Waals surface area contributed by atoms with Crippen LogP contribution in [-0.4, -0.2) is 33.4 Å². The summed E-state index contributed by atoms with van der Waals surface area (Å²) in [7, 11) is 6.51. The highest BCUT2D eigenvalue weighted by molar-refractivity contribution is 5.78. The topological polar surface area (TPSA) is 52.7 Å². The van der Waals surface area contributed by atoms with Crippen LogP contribution in [0.2, 0.25) is 0 Å². The van der Waals surface area contributed by atoms with E-state index in [0.717, 1.165) is 28.3 Å². The first-order chi connectivity index (χ1) is 13.0. The largest absolute Gasteiger partial charge is 0.497 e. The molecule has 0 bridgehead atoms. The Morgan fingerprint density at radius 3 is 1.59 bits per heavy atom. The number of hydrogen-bond donors (Lipinski definition) is 1. The van der Waals surface area contributed by atoms with Crippen LogP contribution in [0.3, 0.4) is 0 Å². The van der Waals surface area contributed by atoms with Crippen LogP contribution >= 0.6 is 0 Å². The minimum Gasteiger partial charge on any atom is -0.497 e. The molecule has 3 aromatic rings. The first-order valence-electron chi connectivity index (χ1n) is 8.68. The molecular weight excluding hydrogens is 342 g/mol. The Labute approximate surface area is 159 Å². The molecule has 0 saturated carbocycles. The zero-order valence-corrected chi connectivity index (χ0v) is 16.6. The number of aromatic nitrogens is 1. The lowest BCUT2D eigenvalue weighted by molar-refractivity contribution is 0.324. The fourth-order valence-corrected chi connectivity index (χ4v) is 3.25. The number of ether oxygens (including phenoxy) is 4. The maximum atomic E-state index is 5.50. The normalized spacial score (nSPS) is 10.6. The number of benzene rings is 2. The third kappa shape index (κ3) is 3.33. The molecule has 0 aliphatic rings. The number of nitrogens with one attached hydrogen (secondary N) is 1. The maximum absolute atomic E-state index is 5.50. The number of rotatable bonds is 6. The van der Waals surface area contributed by atoms with Crippen LogP contribution in [0.5, 0.6) is 23.0 Å². The van der Waals surface area contributed by atoms with Gasteiger partial charge in [-0.25, -0.2) is 0 Å². The van der Waals surface area contributed by atoms with Gasteiger partial charge in [0.15, 0.2) is 11.5 Å². The van der Waals surface area contributed by atoms with Gasteiger partial charge in [0.05, 0.1) is 28.4 Å². The van der Waals surface area contributed by atoms with E-state index in [0.29, 0.717) is 17.2 Å². The standard InChI is InChI=1S/C22H25NO4/c1-13-14(2)21(23-20(13)15-7-9-17(24-3)10-8-15)16-11-18(25-4)22(27-6)19(12-16)26-5/h7-12,23H,1-6H3. The zero-order chi connectivity index (χ0) is 19.6. The average molecular weight is 367 g/mol. The molecule has 0 atom stereocenters. The molecule has 5 nitrogen and oxygen atoms in total. The van der Waals surface area contributed by atoms with Gasteiger partial charge in [0.25, 0.3) is 0 Å². The van der Waals surface area contributed by atoms with Crippen molar-refractivity contribution in [2.75, 3.05) is 28.4 Å². The lowest BCUT2D eigenvalue weighted by atomic mass is 10.0. The van der Waals surface area contributed by atoms with E-state index in [1.165, 1.54) is 11.1 Å². The molecule has 0 spiro atoms. The van der Waals surface area contributed by atoms with Gasteiger partial charge in [-0.1, -0.05) is 0 Å². The van der Waals surface area contributed by atoms with Crippen molar-refractivity contribution < 1.29 is 18.9 Å². The molecular formula is C22H25NO4. The molecule has 5 heteroatoms. The second-order valence-corrected chi connectivity index (χ2v) is 6.27. The molecule has 142 valence electrons. The average Bonchev–Trinajstić information content (AvgIpc) is 3.01. The molecule has 0 aliphatic carbocycles. The fraction of sp³-hybridized carbons (Fsp3) is 0.273. The Bertz CT molecular complexity index is 917. The first kappa shape index (κ1) is 18.7. The van der Waals surface area contributed by atoms with Crippen molar-refractivity contribution in [1.29, 1.82) is 0 Å². The molecule has 27 heavy (non-hydrogen) atoms. The molecule has 0 aliphatic heterocycles. The van der Waals surface area contributed by atoms with E-state index >= 15 is 0 Å². The van der Waals surface area contributed by atoms with Gasteiger partial charge in [0, 0.05) is 17.0 Å². The second-order valence-electron chi connectivity index (χ2n) is 6.27. The van der Waals surface area contributed by atoms with Crippen molar-refractivity contribution in [3.8, 4) is 45.5 Å². The molecule has 0 fully saturated rings. The minimum absolute atomic E-state index is 0.583. The number of aromatic amines is 1. The third-order valence-electron chi connectivity index (χ3n) is 4.89. The van der Waals surface area contributed by atoms with Crippen LogP contribution in [0.1, 0.15) is 11.1 Å². The van der Waals surface area contributed by atoms with Crippen LogP contribution in [0.4, 0.5) is 0 Å². The van der Waals surface area contributed by atoms with Gasteiger partial charge < -0.3 is 23.9 Å². The molecule has 1 heterocycles. The Morgan fingerprint density at radius 1 is 0.630 bits per heavy atom. The number of hydrogen-bond acceptors (Lipinski definition) is 4. The highest BCUT2D eigenvalue weighted by Gasteiger charge is 2.18. The lowest BCUT2D eigenvalue weighted by Crippen LogP contribution is -1.96. The van der Waals surface area contributed by atoms with E-state index in [2.05, 4.69) is 31.0 Å². The predicted octanol–water partition coefficient (Wildman–Crippen LogP) is 5.00. The predicted molar refractivity (Wildman–Crippen MR) is 107 cm³/mol. The molecule has 1 N–H and O–H groups in total. The van der Waals surface area contributed by atoms with Gasteiger partial charge in [0.2, 0.25) is 5.75 Å². The fourth-order valence-electron chi connectivity index (χ4n) is 3.25. The van der Waals surface area contributed by atoms with Crippen LogP contribution in [0.15, 0.2) is 36.4 Å². The van der Waals surface area contributed by atoms with E-state index in [1.54, 1.807) is 28.4 Å². The summed E-state index contributed by atoms with van der Waals surface area (Å²) in [5, 5.41) is 0. The summed E-state index contributed by atoms with van der Waals surface area (Å²) < 4.78 is 21.7. The van der Waals surface area contributed by atoms with Gasteiger partial charge in [-0.2, -0.15) is 0 Å². The van der Waals surface area contributed by atoms with Gasteiger partial charge >= 0.3 is 0 Å². The molecule has 2 aromatic carbocycles. The summed E-state index contributed by atoms with van der Waals surface area (Å²) in [6.45, 7) is 4.23. The summed E-state index contributed by atoms with van der Waals surface area (Å²) in [4.78, 5) is 3.57. The number of H-pyrrole nitrogens is 1. The Morgan fingerprint density at radius 2 is 1.15 bits per heavy atom. The van der Waals surface area contributed by atoms with E-state index in [4.69, 9.17) is 18.9 Å². The highest BCUT2D eigenvalue weighted by atomic mass is 16.5. The SMILES string of the molecule is COc1ccc(-c2[nH]c(-c3cc(OC)c(OC)c(OC)c3)c(C)c2C)cc1. The molecule has 1 aromatic heterocycles. The van der Waals surface area contributed by atoms with Crippen LogP contribution in [-0.2, 0) is 0 Å². The van der Waals surface area contributed by atoms with Gasteiger partial charge in [0.1, 0.15) is 5.75 Å². The van der Waals surface area contributed by atoms with Crippen molar-refractivity contribution in [3.63, 3.8) is 0 Å². The molecule has 0 radical (unpaired) electrons. The van der Waals surface area contributed by atoms with E-state index < -0.39 is 0 Å². The molecule has 3 rings (SSSR count). The second kappa shape index (κ2) is 7.66. The highest BCUT2D eigenvalue weighted by Crippen LogP contribution is 2.43. The smallest absolute Gasteiger partial charge is 0.203 e. The Balaban J connectivity index is 2.13. The molecule has 0 saturated heterocycles. The van der Waals surface area contributed by atoms with Crippen LogP contribution in [0.25, 0.3) is 22.5 Å². The van der Waals surface area contributed by atoms with Crippen molar-refractivity contribution in [2.45, 2.75) is 13.8 Å². The van der Waals surface area contributed by atoms with Gasteiger partial charge in [-0.3, -0.25) is 0 Å². The third-order valence-corrected chi connectivity index (χ3v) is 4.89. The number of methoxy groups -OCH3 is 4. The Hall–Kier alpha value is -3.08. The van der Waals surface area contributed by atoms with Crippen molar-refractivity contribution in [1.82, 2.24) is 4.98 Å². The molecule has 0 amide bonds. The summed E-state index contributed by atoms with van der Waals surface area (Å²) >= 11 is 0. The summed E-state index contributed by atoms with van der Waals surface area (Å²) in [5.41, 5.74) is 6.57. The van der Waals surface area contributed by atoms with E-state index in [9.17, 15) is 0 Å². The van der Waals surface area contributed by atoms with Gasteiger partial charge in [-0.05, 0) is 66.9 Å². The molecule has 0 unspecified atom stereocenters. The zero-order valence-electron chi connectivity index (χ0n) is 16.6. The van der Waals surface area contributed by atoms with E-state index in [1.807, 2.05) is 24.3 Å². The summed E-state index contributed by atoms with van der Waals surface area (Å²) in [6.07, 6.45) is 0. The summed E-state index contributed by atoms with van der Waals surface area (Å²) in [6, 6.07) is 11.9. The van der Waals surface area contributed by atoms with Gasteiger partial charge in [-0.15, -0.1) is 0 Å². The Kier molecular flexibility index (Phi) is 5.31. The van der Waals surface area contributed by atoms with Crippen molar-refractivity contribution >= 4 is 0 Å². The van der Waals surface area contributed by atoms with E-state index in [-0.39, 0.29) is 0 Å². The minimum atomic E-state index is 0.583. The lowest BCUT2D eigenvalue weighted by Gasteiger charge is -2.14. The summed E-state index contributed by atoms with van der Waals surface area (Å²) in [5.74, 6) is 2.68. The maximum Gasteiger partial charge on any atom is 0.203 e. The van der Waals surface area contributed by atoms with Crippen molar-refractivity contribution in [2.24, 2.45) is 0 Å². The van der Waals surface area contributed by atoms with Crippen LogP contribution < -0.4 is 18.9 Å². The van der Waals surface area contributed by atoms with Crippen LogP contribution in [0, 0.1) is 13.8 Å². The van der Waals surface area contributed by atoms with Crippen molar-refractivity contribution in [3.05, 3.63) is 47.5 Å². The first-order valence-corrected chi connectivity index (χ1v) is 8.68. The quantitative estimate of drug-likeness (QED) is 0.666. The monoisotopic (exact) mass is 367 g/mol.